The number of hydrogen-bond donors (Lipinski definition) is 0. The van der Waals surface area contributed by atoms with Crippen molar-refractivity contribution < 1.29 is 14.3 Å². The molecule has 0 N–H and O–H groups in total. The molecule has 2 saturated heterocycles. The molecule has 140 valence electrons. The lowest BCUT2D eigenvalue weighted by Gasteiger charge is -2.19. The molecule has 0 aliphatic carbocycles. The van der Waals surface area contributed by atoms with Crippen LogP contribution in [-0.4, -0.2) is 73.5 Å². The number of aromatic nitrogens is 5. The number of imidazole rings is 1. The molecule has 3 aromatic rings. The Morgan fingerprint density at radius 1 is 1.11 bits per heavy atom. The lowest BCUT2D eigenvalue weighted by atomic mass is 10.3. The van der Waals surface area contributed by atoms with E-state index in [0.717, 1.165) is 0 Å². The smallest absolute Gasteiger partial charge is 0.273 e. The number of amides is 1. The van der Waals surface area contributed by atoms with Crippen molar-refractivity contribution in [2.24, 2.45) is 0 Å². The van der Waals surface area contributed by atoms with Crippen LogP contribution in [0.2, 0.25) is 0 Å². The highest BCUT2D eigenvalue weighted by molar-refractivity contribution is 5.94. The number of aryl methyl sites for hydroxylation is 1. The molecule has 27 heavy (non-hydrogen) atoms. The van der Waals surface area contributed by atoms with Crippen molar-refractivity contribution >= 4 is 11.7 Å². The first-order chi connectivity index (χ1) is 13.2. The zero-order chi connectivity index (χ0) is 18.4. The van der Waals surface area contributed by atoms with Crippen LogP contribution in [0.5, 0.6) is 0 Å². The second kappa shape index (κ2) is 6.43. The highest BCUT2D eigenvalue weighted by Gasteiger charge is 2.40. The van der Waals surface area contributed by atoms with Crippen LogP contribution in [0.1, 0.15) is 22.2 Å². The van der Waals surface area contributed by atoms with Crippen LogP contribution >= 0.6 is 0 Å². The van der Waals surface area contributed by atoms with Crippen LogP contribution in [0.15, 0.2) is 36.9 Å². The molecular formula is C18H20N6O3. The molecule has 2 fully saturated rings. The summed E-state index contributed by atoms with van der Waals surface area (Å²) < 4.78 is 15.7. The van der Waals surface area contributed by atoms with Crippen molar-refractivity contribution in [2.45, 2.75) is 25.2 Å². The van der Waals surface area contributed by atoms with E-state index in [-0.39, 0.29) is 24.2 Å². The first-order valence-corrected chi connectivity index (χ1v) is 9.02. The molecule has 5 heterocycles. The van der Waals surface area contributed by atoms with Crippen molar-refractivity contribution in [3.63, 3.8) is 0 Å². The molecule has 5 rings (SSSR count). The quantitative estimate of drug-likeness (QED) is 0.662. The molecule has 2 aliphatic rings. The minimum atomic E-state index is -0.132. The normalized spacial score (nSPS) is 23.5. The first-order valence-electron chi connectivity index (χ1n) is 9.02. The number of likely N-dealkylation sites (tertiary alicyclic amines) is 1. The van der Waals surface area contributed by atoms with Crippen molar-refractivity contribution in [1.82, 2.24) is 29.0 Å². The Morgan fingerprint density at radius 3 is 2.56 bits per heavy atom. The summed E-state index contributed by atoms with van der Waals surface area (Å²) in [6, 6.07) is 3.74. The molecule has 2 atom stereocenters. The summed E-state index contributed by atoms with van der Waals surface area (Å²) in [5, 5.41) is 4.27. The standard InChI is InChI=1S/C18H20N6O3/c1-12-16(23-6-2-4-19-18(23)21-12)17(25)22-8-14-15(9-22)27-11-13(10-26-14)24-7-3-5-20-24/h2-7,13-15H,8-11H2,1H3/t14-,15-/m0/s1. The van der Waals surface area contributed by atoms with E-state index in [1.165, 1.54) is 0 Å². The van der Waals surface area contributed by atoms with Gasteiger partial charge in [0.2, 0.25) is 5.78 Å². The van der Waals surface area contributed by atoms with Gasteiger partial charge in [0, 0.05) is 37.9 Å². The number of hydrogen-bond acceptors (Lipinski definition) is 6. The lowest BCUT2D eigenvalue weighted by Crippen LogP contribution is -2.32. The van der Waals surface area contributed by atoms with E-state index in [9.17, 15) is 4.79 Å². The van der Waals surface area contributed by atoms with Crippen molar-refractivity contribution in [1.29, 1.82) is 0 Å². The predicted octanol–water partition coefficient (Wildman–Crippen LogP) is 0.715. The molecule has 1 amide bonds. The van der Waals surface area contributed by atoms with E-state index >= 15 is 0 Å². The number of nitrogens with zero attached hydrogens (tertiary/aromatic N) is 6. The van der Waals surface area contributed by atoms with Gasteiger partial charge in [-0.05, 0) is 19.1 Å². The second-order valence-corrected chi connectivity index (χ2v) is 6.93. The number of fused-ring (bicyclic) bond motifs is 2. The molecule has 0 spiro atoms. The van der Waals surface area contributed by atoms with Gasteiger partial charge in [0.25, 0.3) is 5.91 Å². The Balaban J connectivity index is 1.33. The fourth-order valence-electron chi connectivity index (χ4n) is 3.80. The van der Waals surface area contributed by atoms with Gasteiger partial charge in [0.05, 0.1) is 24.9 Å². The van der Waals surface area contributed by atoms with E-state index in [1.54, 1.807) is 27.8 Å². The van der Waals surface area contributed by atoms with Gasteiger partial charge < -0.3 is 14.4 Å². The number of rotatable bonds is 2. The minimum Gasteiger partial charge on any atom is -0.371 e. The van der Waals surface area contributed by atoms with Crippen LogP contribution in [0.25, 0.3) is 5.78 Å². The summed E-state index contributed by atoms with van der Waals surface area (Å²) in [5.74, 6) is 0.457. The Bertz CT molecular complexity index is 953. The molecule has 0 saturated carbocycles. The molecule has 0 bridgehead atoms. The maximum atomic E-state index is 13.1. The Labute approximate surface area is 155 Å². The van der Waals surface area contributed by atoms with Crippen LogP contribution in [0.4, 0.5) is 0 Å². The highest BCUT2D eigenvalue weighted by Crippen LogP contribution is 2.25. The monoisotopic (exact) mass is 368 g/mol. The van der Waals surface area contributed by atoms with Gasteiger partial charge in [-0.25, -0.2) is 9.97 Å². The molecule has 3 aromatic heterocycles. The van der Waals surface area contributed by atoms with E-state index in [2.05, 4.69) is 15.1 Å². The van der Waals surface area contributed by atoms with E-state index in [1.807, 2.05) is 30.1 Å². The van der Waals surface area contributed by atoms with Gasteiger partial charge in [-0.15, -0.1) is 0 Å². The van der Waals surface area contributed by atoms with Gasteiger partial charge in [-0.3, -0.25) is 13.9 Å². The Kier molecular flexibility index (Phi) is 3.91. The third-order valence-corrected chi connectivity index (χ3v) is 5.19. The predicted molar refractivity (Wildman–Crippen MR) is 94.4 cm³/mol. The lowest BCUT2D eigenvalue weighted by molar-refractivity contribution is -0.00461. The number of ether oxygens (including phenoxy) is 2. The summed E-state index contributed by atoms with van der Waals surface area (Å²) >= 11 is 0. The second-order valence-electron chi connectivity index (χ2n) is 6.93. The average Bonchev–Trinajstić information content (AvgIpc) is 3.38. The van der Waals surface area contributed by atoms with Crippen LogP contribution < -0.4 is 0 Å². The zero-order valence-corrected chi connectivity index (χ0v) is 14.9. The number of carbonyl (C=O) groups excluding carboxylic acids is 1. The van der Waals surface area contributed by atoms with Crippen LogP contribution in [0, 0.1) is 6.92 Å². The SMILES string of the molecule is Cc1nc2ncccn2c1C(=O)N1C[C@@H]2OCC(n3cccn3)CO[C@H]2C1. The summed E-state index contributed by atoms with van der Waals surface area (Å²) in [7, 11) is 0. The van der Waals surface area contributed by atoms with Crippen molar-refractivity contribution in [2.75, 3.05) is 26.3 Å². The van der Waals surface area contributed by atoms with Crippen molar-refractivity contribution in [3.8, 4) is 0 Å². The number of carbonyl (C=O) groups is 1. The Morgan fingerprint density at radius 2 is 1.85 bits per heavy atom. The van der Waals surface area contributed by atoms with Crippen LogP contribution in [0.3, 0.4) is 0 Å². The maximum Gasteiger partial charge on any atom is 0.273 e. The third-order valence-electron chi connectivity index (χ3n) is 5.19. The fraction of sp³-hybridized carbons (Fsp3) is 0.444. The largest absolute Gasteiger partial charge is 0.371 e. The third kappa shape index (κ3) is 2.79. The summed E-state index contributed by atoms with van der Waals surface area (Å²) in [6.45, 7) is 3.87. The van der Waals surface area contributed by atoms with Gasteiger partial charge in [-0.2, -0.15) is 5.10 Å². The molecule has 9 heteroatoms. The van der Waals surface area contributed by atoms with Gasteiger partial charge in [0.15, 0.2) is 0 Å². The molecular weight excluding hydrogens is 348 g/mol. The van der Waals surface area contributed by atoms with Gasteiger partial charge >= 0.3 is 0 Å². The van der Waals surface area contributed by atoms with E-state index in [4.69, 9.17) is 9.47 Å². The average molecular weight is 368 g/mol. The molecule has 0 radical (unpaired) electrons. The minimum absolute atomic E-state index is 0.0573. The maximum absolute atomic E-state index is 13.1. The molecule has 9 nitrogen and oxygen atoms in total. The molecule has 2 aliphatic heterocycles. The summed E-state index contributed by atoms with van der Waals surface area (Å²) in [5.41, 5.74) is 1.22. The van der Waals surface area contributed by atoms with Gasteiger partial charge in [-0.1, -0.05) is 0 Å². The fourth-order valence-corrected chi connectivity index (χ4v) is 3.80. The van der Waals surface area contributed by atoms with Crippen molar-refractivity contribution in [3.05, 3.63) is 48.3 Å². The van der Waals surface area contributed by atoms with Gasteiger partial charge in [0.1, 0.15) is 17.9 Å². The molecule has 0 unspecified atom stereocenters. The Hall–Kier alpha value is -2.78. The summed E-state index contributed by atoms with van der Waals surface area (Å²) in [6.07, 6.45) is 6.88. The highest BCUT2D eigenvalue weighted by atomic mass is 16.6. The zero-order valence-electron chi connectivity index (χ0n) is 14.9. The topological polar surface area (TPSA) is 86.8 Å². The van der Waals surface area contributed by atoms with Crippen LogP contribution in [-0.2, 0) is 9.47 Å². The van der Waals surface area contributed by atoms with E-state index < -0.39 is 0 Å². The first kappa shape index (κ1) is 16.4. The van der Waals surface area contributed by atoms with E-state index in [0.29, 0.717) is 43.5 Å². The molecule has 0 aromatic carbocycles. The summed E-state index contributed by atoms with van der Waals surface area (Å²) in [4.78, 5) is 23.5.